The Labute approximate surface area is 197 Å². The van der Waals surface area contributed by atoms with E-state index >= 15 is 0 Å². The summed E-state index contributed by atoms with van der Waals surface area (Å²) in [6.45, 7) is 2.17. The lowest BCUT2D eigenvalue weighted by molar-refractivity contribution is -0.141. The molecule has 0 bridgehead atoms. The average molecular weight is 459 g/mol. The number of aliphatic hydroxyl groups is 1. The van der Waals surface area contributed by atoms with Crippen LogP contribution in [0.3, 0.4) is 0 Å². The first kappa shape index (κ1) is 22.1. The Kier molecular flexibility index (Phi) is 5.57. The van der Waals surface area contributed by atoms with Crippen LogP contribution >= 0.6 is 0 Å². The summed E-state index contributed by atoms with van der Waals surface area (Å²) in [5, 5.41) is 21.1. The van der Waals surface area contributed by atoms with Gasteiger partial charge in [-0.3, -0.25) is 14.2 Å². The number of carboxylic acid groups (broad SMARTS) is 1. The van der Waals surface area contributed by atoms with Crippen molar-refractivity contribution in [2.75, 3.05) is 0 Å². The van der Waals surface area contributed by atoms with E-state index in [9.17, 15) is 19.8 Å². The maximum Gasteiger partial charge on any atom is 0.306 e. The van der Waals surface area contributed by atoms with E-state index in [4.69, 9.17) is 9.72 Å². The molecule has 1 aliphatic carbocycles. The van der Waals surface area contributed by atoms with Gasteiger partial charge < -0.3 is 14.9 Å². The Morgan fingerprint density at radius 3 is 2.79 bits per heavy atom. The molecule has 0 fully saturated rings. The maximum absolute atomic E-state index is 13.0. The van der Waals surface area contributed by atoms with E-state index in [-0.39, 0.29) is 18.6 Å². The summed E-state index contributed by atoms with van der Waals surface area (Å²) in [7, 11) is 0. The number of aryl methyl sites for hydroxylation is 1. The fraction of sp³-hybridized carbons (Fsp3) is 0.296. The second-order valence-corrected chi connectivity index (χ2v) is 8.90. The number of pyridine rings is 1. The van der Waals surface area contributed by atoms with Crippen molar-refractivity contribution in [2.45, 2.75) is 51.2 Å². The predicted octanol–water partition coefficient (Wildman–Crippen LogP) is 4.28. The molecule has 2 aliphatic rings. The third kappa shape index (κ3) is 3.92. The zero-order valence-corrected chi connectivity index (χ0v) is 19.0. The monoisotopic (exact) mass is 458 g/mol. The van der Waals surface area contributed by atoms with Gasteiger partial charge in [-0.1, -0.05) is 37.3 Å². The highest BCUT2D eigenvalue weighted by Gasteiger charge is 2.36. The van der Waals surface area contributed by atoms with E-state index in [1.54, 1.807) is 6.92 Å². The number of nitrogens with zero attached hydrogens (tertiary/aromatic N) is 2. The van der Waals surface area contributed by atoms with Gasteiger partial charge in [0.25, 0.3) is 0 Å². The molecule has 3 heterocycles. The molecule has 174 valence electrons. The zero-order valence-electron chi connectivity index (χ0n) is 19.0. The van der Waals surface area contributed by atoms with Crippen molar-refractivity contribution < 1.29 is 24.5 Å². The first-order valence-corrected chi connectivity index (χ1v) is 11.5. The van der Waals surface area contributed by atoms with Gasteiger partial charge in [0.2, 0.25) is 5.78 Å². The molecule has 2 N–H and O–H groups in total. The van der Waals surface area contributed by atoms with Crippen molar-refractivity contribution in [1.82, 2.24) is 9.55 Å². The Morgan fingerprint density at radius 1 is 1.26 bits per heavy atom. The van der Waals surface area contributed by atoms with Crippen molar-refractivity contribution >= 4 is 28.5 Å². The number of benzene rings is 1. The predicted molar refractivity (Wildman–Crippen MR) is 127 cm³/mol. The maximum atomic E-state index is 13.0. The fourth-order valence-corrected chi connectivity index (χ4v) is 4.80. The summed E-state index contributed by atoms with van der Waals surface area (Å²) in [6.07, 6.45) is 7.06. The molecule has 3 aromatic rings. The van der Waals surface area contributed by atoms with Crippen LogP contribution in [0.5, 0.6) is 0 Å². The zero-order chi connectivity index (χ0) is 23.9. The SMILES string of the molecule is CCC(O)(CC(=O)O)C1=CC(=O)c2nc3c4n(cc3cc2C1)C(OCc1ccccc1)=CCC4. The van der Waals surface area contributed by atoms with Crippen molar-refractivity contribution in [3.63, 3.8) is 0 Å². The number of aliphatic carboxylic acids is 1. The number of hydrogen-bond donors (Lipinski definition) is 2. The summed E-state index contributed by atoms with van der Waals surface area (Å²) in [5.74, 6) is -0.665. The van der Waals surface area contributed by atoms with Crippen LogP contribution in [0.1, 0.15) is 53.5 Å². The van der Waals surface area contributed by atoms with E-state index < -0.39 is 18.0 Å². The minimum atomic E-state index is -1.56. The Bertz CT molecular complexity index is 1350. The molecule has 1 atom stereocenters. The van der Waals surface area contributed by atoms with Gasteiger partial charge in [-0.2, -0.15) is 0 Å². The quantitative estimate of drug-likeness (QED) is 0.548. The first-order chi connectivity index (χ1) is 16.4. The summed E-state index contributed by atoms with van der Waals surface area (Å²) < 4.78 is 8.12. The number of rotatable bonds is 7. The minimum Gasteiger partial charge on any atom is -0.481 e. The van der Waals surface area contributed by atoms with Crippen molar-refractivity contribution in [1.29, 1.82) is 0 Å². The third-order valence-electron chi connectivity index (χ3n) is 6.68. The standard InChI is InChI=1S/C27H26N2O5/c1-2-27(33,14-24(31)32)20-12-18-11-19-15-29-21(25(19)28-26(18)22(30)13-20)9-6-10-23(29)34-16-17-7-4-3-5-8-17/h3-5,7-8,10-11,13,15,33H,2,6,9,12,14,16H2,1H3,(H,31,32). The molecule has 7 nitrogen and oxygen atoms in total. The van der Waals surface area contributed by atoms with Crippen LogP contribution in [-0.4, -0.2) is 37.1 Å². The molecule has 7 heteroatoms. The Balaban J connectivity index is 1.48. The van der Waals surface area contributed by atoms with Crippen LogP contribution in [0, 0.1) is 0 Å². The van der Waals surface area contributed by atoms with Gasteiger partial charge in [0.05, 0.1) is 23.2 Å². The number of allylic oxidation sites excluding steroid dienone is 2. The molecular formula is C27H26N2O5. The van der Waals surface area contributed by atoms with Gasteiger partial charge in [-0.15, -0.1) is 0 Å². The van der Waals surface area contributed by atoms with Crippen LogP contribution in [0.4, 0.5) is 0 Å². The second-order valence-electron chi connectivity index (χ2n) is 8.90. The fourth-order valence-electron chi connectivity index (χ4n) is 4.80. The molecule has 0 radical (unpaired) electrons. The Morgan fingerprint density at radius 2 is 2.06 bits per heavy atom. The van der Waals surface area contributed by atoms with Crippen LogP contribution in [-0.2, 0) is 29.0 Å². The lowest BCUT2D eigenvalue weighted by atomic mass is 9.80. The number of ether oxygens (including phenoxy) is 1. The molecule has 1 unspecified atom stereocenters. The largest absolute Gasteiger partial charge is 0.481 e. The first-order valence-electron chi connectivity index (χ1n) is 11.5. The lowest BCUT2D eigenvalue weighted by Crippen LogP contribution is -2.36. The van der Waals surface area contributed by atoms with E-state index in [1.165, 1.54) is 6.08 Å². The minimum absolute atomic E-state index is 0.205. The number of fused-ring (bicyclic) bond motifs is 4. The lowest BCUT2D eigenvalue weighted by Gasteiger charge is -2.30. The van der Waals surface area contributed by atoms with Crippen LogP contribution < -0.4 is 0 Å². The summed E-state index contributed by atoms with van der Waals surface area (Å²) >= 11 is 0. The number of hydrogen-bond acceptors (Lipinski definition) is 5. The highest BCUT2D eigenvalue weighted by molar-refractivity contribution is 6.07. The number of aromatic nitrogens is 2. The van der Waals surface area contributed by atoms with Gasteiger partial charge in [-0.05, 0) is 60.6 Å². The number of carboxylic acids is 1. The van der Waals surface area contributed by atoms with Crippen molar-refractivity contribution in [2.24, 2.45) is 0 Å². The summed E-state index contributed by atoms with van der Waals surface area (Å²) in [6, 6.07) is 11.9. The van der Waals surface area contributed by atoms with Crippen molar-refractivity contribution in [3.8, 4) is 0 Å². The third-order valence-corrected chi connectivity index (χ3v) is 6.68. The van der Waals surface area contributed by atoms with Gasteiger partial charge in [0.15, 0.2) is 5.88 Å². The van der Waals surface area contributed by atoms with Gasteiger partial charge >= 0.3 is 5.97 Å². The number of carbonyl (C=O) groups is 2. The van der Waals surface area contributed by atoms with Crippen LogP contribution in [0.15, 0.2) is 60.3 Å². The van der Waals surface area contributed by atoms with E-state index in [0.29, 0.717) is 23.4 Å². The van der Waals surface area contributed by atoms with Crippen LogP contribution in [0.2, 0.25) is 0 Å². The number of carbonyl (C=O) groups excluding carboxylic acids is 1. The normalized spacial score (nSPS) is 16.8. The second kappa shape index (κ2) is 8.57. The van der Waals surface area contributed by atoms with E-state index in [1.807, 2.05) is 47.2 Å². The van der Waals surface area contributed by atoms with Gasteiger partial charge in [-0.25, -0.2) is 4.98 Å². The van der Waals surface area contributed by atoms with Crippen molar-refractivity contribution in [3.05, 3.63) is 82.8 Å². The highest BCUT2D eigenvalue weighted by atomic mass is 16.5. The molecule has 1 aliphatic heterocycles. The average Bonchev–Trinajstić information content (AvgIpc) is 3.20. The molecular weight excluding hydrogens is 432 g/mol. The van der Waals surface area contributed by atoms with Gasteiger partial charge in [0, 0.05) is 11.6 Å². The molecule has 0 saturated heterocycles. The number of ketones is 1. The molecule has 0 spiro atoms. The Hall–Kier alpha value is -3.71. The molecule has 5 rings (SSSR count). The molecule has 34 heavy (non-hydrogen) atoms. The smallest absolute Gasteiger partial charge is 0.306 e. The molecule has 0 saturated carbocycles. The highest BCUT2D eigenvalue weighted by Crippen LogP contribution is 2.35. The molecule has 0 amide bonds. The summed E-state index contributed by atoms with van der Waals surface area (Å²) in [5.41, 5.74) is 2.78. The van der Waals surface area contributed by atoms with Gasteiger partial charge in [0.1, 0.15) is 12.3 Å². The summed E-state index contributed by atoms with van der Waals surface area (Å²) in [4.78, 5) is 29.0. The van der Waals surface area contributed by atoms with E-state index in [2.05, 4.69) is 6.08 Å². The van der Waals surface area contributed by atoms with Crippen LogP contribution in [0.25, 0.3) is 16.8 Å². The molecule has 2 aromatic heterocycles. The van der Waals surface area contributed by atoms with E-state index in [0.717, 1.165) is 40.9 Å². The topological polar surface area (TPSA) is 102 Å². The molecule has 1 aromatic carbocycles.